The summed E-state index contributed by atoms with van der Waals surface area (Å²) >= 11 is -2.39. The zero-order valence-electron chi connectivity index (χ0n) is 21.4. The van der Waals surface area contributed by atoms with Gasteiger partial charge in [-0.2, -0.15) is 0 Å². The van der Waals surface area contributed by atoms with Gasteiger partial charge >= 0.3 is 199 Å². The first-order chi connectivity index (χ1) is 14.7. The SMILES string of the molecule is CCC[CH2][Sn](/[CH]=C/C(=C1/C2=C(CCCC2)[C@H](O)[C@H]1O)[Si](C)(C)C)([CH2]CCC)[CH2]CCC. The number of aliphatic hydroxyl groups excluding tert-OH is 2. The van der Waals surface area contributed by atoms with E-state index in [4.69, 9.17) is 0 Å². The van der Waals surface area contributed by atoms with Crippen LogP contribution in [0.2, 0.25) is 33.0 Å². The van der Waals surface area contributed by atoms with Crippen LogP contribution in [0.25, 0.3) is 0 Å². The Balaban J connectivity index is 2.54. The van der Waals surface area contributed by atoms with Crippen LogP contribution in [-0.2, 0) is 0 Å². The van der Waals surface area contributed by atoms with Crippen LogP contribution in [0.4, 0.5) is 0 Å². The van der Waals surface area contributed by atoms with Gasteiger partial charge in [0.2, 0.25) is 0 Å². The number of allylic oxidation sites excluding steroid dienone is 2. The fraction of sp³-hybridized carbons (Fsp3) is 0.778. The van der Waals surface area contributed by atoms with E-state index in [9.17, 15) is 10.2 Å². The second kappa shape index (κ2) is 12.6. The molecule has 2 aliphatic rings. The van der Waals surface area contributed by atoms with Crippen LogP contribution in [0.5, 0.6) is 0 Å². The fourth-order valence-corrected chi connectivity index (χ4v) is 21.9. The third-order valence-corrected chi connectivity index (χ3v) is 23.7. The van der Waals surface area contributed by atoms with Crippen molar-refractivity contribution < 1.29 is 10.2 Å². The van der Waals surface area contributed by atoms with Crippen molar-refractivity contribution in [2.75, 3.05) is 0 Å². The van der Waals surface area contributed by atoms with E-state index in [0.29, 0.717) is 0 Å². The molecular formula is C27H50O2SiSn. The summed E-state index contributed by atoms with van der Waals surface area (Å²) in [6, 6.07) is 0. The van der Waals surface area contributed by atoms with E-state index in [0.717, 1.165) is 30.4 Å². The van der Waals surface area contributed by atoms with Gasteiger partial charge in [-0.3, -0.25) is 0 Å². The molecule has 0 heterocycles. The molecule has 2 N–H and O–H groups in total. The Labute approximate surface area is 198 Å². The summed E-state index contributed by atoms with van der Waals surface area (Å²) in [6.45, 7) is 14.3. The van der Waals surface area contributed by atoms with Gasteiger partial charge in [0.25, 0.3) is 0 Å². The molecule has 2 atom stereocenters. The standard InChI is InChI=1S/C15H23O2Si.3C4H9.Sn/c1-5-12(18(2,3)4)13-10-8-6-7-9-11(10)14(16)15(13)17;3*1-3-4-2;/h1,5,14-17H,6-9H2,2-4H3;3*1,3-4H2,2H3;/b5-1?,13-12+;;;;/t14-,15-;;;;/m0..../s1. The first-order valence-electron chi connectivity index (χ1n) is 13.2. The molecule has 0 amide bonds. The normalized spacial score (nSPS) is 24.3. The summed E-state index contributed by atoms with van der Waals surface area (Å²) in [5.41, 5.74) is 3.61. The minimum atomic E-state index is -2.39. The number of hydrogen-bond acceptors (Lipinski definition) is 2. The molecule has 2 rings (SSSR count). The van der Waals surface area contributed by atoms with E-state index < -0.39 is 38.7 Å². The van der Waals surface area contributed by atoms with Crippen molar-refractivity contribution in [1.29, 1.82) is 0 Å². The molecule has 0 aromatic rings. The van der Waals surface area contributed by atoms with Crippen molar-refractivity contribution in [2.45, 2.75) is 130 Å². The molecule has 0 unspecified atom stereocenters. The molecule has 2 nitrogen and oxygen atoms in total. The van der Waals surface area contributed by atoms with Gasteiger partial charge in [0.15, 0.2) is 0 Å². The maximum absolute atomic E-state index is 11.1. The van der Waals surface area contributed by atoms with Crippen LogP contribution in [0.3, 0.4) is 0 Å². The topological polar surface area (TPSA) is 40.5 Å². The Morgan fingerprint density at radius 2 is 1.39 bits per heavy atom. The van der Waals surface area contributed by atoms with E-state index in [-0.39, 0.29) is 0 Å². The first-order valence-corrected chi connectivity index (χ1v) is 24.4. The summed E-state index contributed by atoms with van der Waals surface area (Å²) in [5.74, 6) is 0. The summed E-state index contributed by atoms with van der Waals surface area (Å²) in [5, 5.41) is 23.4. The molecule has 0 saturated carbocycles. The van der Waals surface area contributed by atoms with Gasteiger partial charge in [-0.15, -0.1) is 0 Å². The molecule has 0 bridgehead atoms. The summed E-state index contributed by atoms with van der Waals surface area (Å²) < 4.78 is 7.22. The molecule has 178 valence electrons. The van der Waals surface area contributed by atoms with Crippen LogP contribution in [-0.4, -0.2) is 48.9 Å². The molecule has 0 fully saturated rings. The van der Waals surface area contributed by atoms with Crippen molar-refractivity contribution in [3.63, 3.8) is 0 Å². The van der Waals surface area contributed by atoms with E-state index in [1.54, 1.807) is 0 Å². The molecule has 2 aliphatic carbocycles. The van der Waals surface area contributed by atoms with Crippen LogP contribution >= 0.6 is 0 Å². The average molecular weight is 553 g/mol. The fourth-order valence-electron chi connectivity index (χ4n) is 5.63. The van der Waals surface area contributed by atoms with E-state index in [1.165, 1.54) is 69.0 Å². The maximum atomic E-state index is 11.1. The minimum absolute atomic E-state index is 0.668. The van der Waals surface area contributed by atoms with Gasteiger partial charge in [-0.1, -0.05) is 0 Å². The molecule has 0 saturated heterocycles. The number of aliphatic hydroxyl groups is 2. The molecular weight excluding hydrogens is 503 g/mol. The summed E-state index contributed by atoms with van der Waals surface area (Å²) in [4.78, 5) is 0. The molecule has 4 heteroatoms. The van der Waals surface area contributed by atoms with Crippen LogP contribution in [0, 0.1) is 0 Å². The second-order valence-electron chi connectivity index (χ2n) is 11.2. The predicted octanol–water partition coefficient (Wildman–Crippen LogP) is 7.71. The van der Waals surface area contributed by atoms with Crippen LogP contribution in [0.15, 0.2) is 32.1 Å². The van der Waals surface area contributed by atoms with Crippen molar-refractivity contribution >= 4 is 26.5 Å². The zero-order valence-corrected chi connectivity index (χ0v) is 25.3. The Bertz CT molecular complexity index is 649. The summed E-state index contributed by atoms with van der Waals surface area (Å²) in [7, 11) is -1.67. The zero-order chi connectivity index (χ0) is 23.1. The molecule has 0 aliphatic heterocycles. The number of unbranched alkanes of at least 4 members (excludes halogenated alkanes) is 3. The van der Waals surface area contributed by atoms with Gasteiger partial charge < -0.3 is 0 Å². The van der Waals surface area contributed by atoms with Crippen molar-refractivity contribution in [1.82, 2.24) is 0 Å². The van der Waals surface area contributed by atoms with Gasteiger partial charge in [0, 0.05) is 0 Å². The van der Waals surface area contributed by atoms with Gasteiger partial charge in [0.05, 0.1) is 0 Å². The van der Waals surface area contributed by atoms with E-state index in [2.05, 4.69) is 50.6 Å². The average Bonchev–Trinajstić information content (AvgIpc) is 2.99. The molecule has 0 radical (unpaired) electrons. The van der Waals surface area contributed by atoms with Crippen LogP contribution < -0.4 is 0 Å². The van der Waals surface area contributed by atoms with Gasteiger partial charge in [0.1, 0.15) is 0 Å². The van der Waals surface area contributed by atoms with E-state index in [1.807, 2.05) is 0 Å². The molecule has 0 aromatic carbocycles. The Hall–Kier alpha value is 0.156. The van der Waals surface area contributed by atoms with Crippen molar-refractivity contribution in [2.24, 2.45) is 0 Å². The second-order valence-corrected chi connectivity index (χ2v) is 29.2. The first kappa shape index (κ1) is 27.4. The van der Waals surface area contributed by atoms with Gasteiger partial charge in [-0.05, 0) is 0 Å². The quantitative estimate of drug-likeness (QED) is 0.243. The van der Waals surface area contributed by atoms with Gasteiger partial charge in [-0.25, -0.2) is 0 Å². The molecule has 31 heavy (non-hydrogen) atoms. The Morgan fingerprint density at radius 3 is 1.87 bits per heavy atom. The third kappa shape index (κ3) is 7.07. The summed E-state index contributed by atoms with van der Waals surface area (Å²) in [6.07, 6.45) is 13.5. The number of rotatable bonds is 12. The Kier molecular flexibility index (Phi) is 11.1. The third-order valence-electron chi connectivity index (χ3n) is 7.57. The van der Waals surface area contributed by atoms with E-state index >= 15 is 0 Å². The Morgan fingerprint density at radius 1 is 0.871 bits per heavy atom. The predicted molar refractivity (Wildman–Crippen MR) is 142 cm³/mol. The molecule has 0 aromatic heterocycles. The molecule has 0 spiro atoms. The van der Waals surface area contributed by atoms with Crippen LogP contribution in [0.1, 0.15) is 85.0 Å². The monoisotopic (exact) mass is 554 g/mol. The number of hydrogen-bond donors (Lipinski definition) is 2. The van der Waals surface area contributed by atoms with Crippen molar-refractivity contribution in [3.05, 3.63) is 32.1 Å². The van der Waals surface area contributed by atoms with Crippen molar-refractivity contribution in [3.8, 4) is 0 Å².